The standard InChI is InChI=1S/C20H26N4O2.2C2HF3O2/c1-22-10-4-6-18(22)14-23-11-7-20(8-12-23)16-24(19(25)15-26-20)13-17-5-2-3-9-21-17;2*3-2(4,5)1(6)7/h2-6,9-10H,7-8,11-16H2,1H3;2*(H,6,7). The summed E-state index contributed by atoms with van der Waals surface area (Å²) in [6.45, 7) is 4.38. The van der Waals surface area contributed by atoms with E-state index in [1.54, 1.807) is 6.20 Å². The zero-order chi connectivity index (χ0) is 30.1. The molecule has 0 saturated carbocycles. The topological polar surface area (TPSA) is 125 Å². The van der Waals surface area contributed by atoms with Crippen molar-refractivity contribution in [2.75, 3.05) is 26.2 Å². The number of aliphatic carboxylic acids is 2. The average Bonchev–Trinajstić information content (AvgIpc) is 3.27. The molecule has 2 aromatic rings. The van der Waals surface area contributed by atoms with Gasteiger partial charge in [-0.1, -0.05) is 6.07 Å². The first kappa shape index (κ1) is 32.6. The largest absolute Gasteiger partial charge is 0.490 e. The Bertz CT molecular complexity index is 1110. The molecule has 10 nitrogen and oxygen atoms in total. The van der Waals surface area contributed by atoms with Crippen molar-refractivity contribution in [3.63, 3.8) is 0 Å². The molecule has 222 valence electrons. The Kier molecular flexibility index (Phi) is 11.1. The molecule has 4 rings (SSSR count). The van der Waals surface area contributed by atoms with Crippen molar-refractivity contribution in [3.05, 3.63) is 54.1 Å². The fourth-order valence-corrected chi connectivity index (χ4v) is 3.93. The average molecular weight is 582 g/mol. The van der Waals surface area contributed by atoms with Crippen molar-refractivity contribution in [2.24, 2.45) is 7.05 Å². The number of morpholine rings is 1. The number of pyridine rings is 1. The zero-order valence-electron chi connectivity index (χ0n) is 21.3. The lowest BCUT2D eigenvalue weighted by Crippen LogP contribution is -2.58. The van der Waals surface area contributed by atoms with Crippen molar-refractivity contribution in [1.29, 1.82) is 0 Å². The molecular weight excluding hydrogens is 554 g/mol. The lowest BCUT2D eigenvalue weighted by molar-refractivity contribution is -0.193. The summed E-state index contributed by atoms with van der Waals surface area (Å²) in [5.74, 6) is -5.45. The van der Waals surface area contributed by atoms with Gasteiger partial charge in [-0.3, -0.25) is 14.7 Å². The maximum absolute atomic E-state index is 12.3. The van der Waals surface area contributed by atoms with Crippen molar-refractivity contribution >= 4 is 17.8 Å². The number of piperidine rings is 1. The summed E-state index contributed by atoms with van der Waals surface area (Å²) in [5.41, 5.74) is 2.06. The van der Waals surface area contributed by atoms with Crippen LogP contribution in [0.4, 0.5) is 26.3 Å². The van der Waals surface area contributed by atoms with E-state index in [4.69, 9.17) is 24.5 Å². The molecule has 0 atom stereocenters. The normalized spacial score (nSPS) is 17.4. The number of ether oxygens (including phenoxy) is 1. The van der Waals surface area contributed by atoms with Crippen LogP contribution < -0.4 is 0 Å². The highest BCUT2D eigenvalue weighted by Crippen LogP contribution is 2.31. The summed E-state index contributed by atoms with van der Waals surface area (Å²) < 4.78 is 71.7. The van der Waals surface area contributed by atoms with Crippen LogP contribution in [-0.4, -0.2) is 91.6 Å². The van der Waals surface area contributed by atoms with Gasteiger partial charge in [-0.15, -0.1) is 0 Å². The Morgan fingerprint density at radius 3 is 2.00 bits per heavy atom. The van der Waals surface area contributed by atoms with E-state index >= 15 is 0 Å². The van der Waals surface area contributed by atoms with Gasteiger partial charge >= 0.3 is 24.3 Å². The van der Waals surface area contributed by atoms with Gasteiger partial charge < -0.3 is 24.4 Å². The first-order chi connectivity index (χ1) is 18.5. The second kappa shape index (κ2) is 13.6. The predicted octanol–water partition coefficient (Wildman–Crippen LogP) is 3.08. The van der Waals surface area contributed by atoms with Crippen molar-refractivity contribution in [1.82, 2.24) is 19.4 Å². The lowest BCUT2D eigenvalue weighted by atomic mass is 9.89. The smallest absolute Gasteiger partial charge is 0.475 e. The summed E-state index contributed by atoms with van der Waals surface area (Å²) >= 11 is 0. The van der Waals surface area contributed by atoms with Crippen molar-refractivity contribution < 1.29 is 55.7 Å². The van der Waals surface area contributed by atoms with Gasteiger partial charge in [0.15, 0.2) is 0 Å². The molecule has 4 heterocycles. The minimum atomic E-state index is -5.08. The number of carbonyl (C=O) groups excluding carboxylic acids is 1. The van der Waals surface area contributed by atoms with Crippen LogP contribution in [0.3, 0.4) is 0 Å². The SMILES string of the molecule is Cn1cccc1CN1CCC2(CC1)CN(Cc1ccccn1)C(=O)CO2.O=C(O)C(F)(F)F.O=C(O)C(F)(F)F. The molecule has 1 amide bonds. The molecule has 1 spiro atoms. The first-order valence-corrected chi connectivity index (χ1v) is 11.8. The number of aromatic nitrogens is 2. The summed E-state index contributed by atoms with van der Waals surface area (Å²) in [7, 11) is 2.09. The molecule has 2 aliphatic heterocycles. The Labute approximate surface area is 224 Å². The van der Waals surface area contributed by atoms with Gasteiger partial charge in [0.2, 0.25) is 5.91 Å². The van der Waals surface area contributed by atoms with Crippen molar-refractivity contribution in [2.45, 2.75) is 43.9 Å². The number of hydrogen-bond acceptors (Lipinski definition) is 6. The van der Waals surface area contributed by atoms with Gasteiger partial charge in [0.05, 0.1) is 24.4 Å². The van der Waals surface area contributed by atoms with Gasteiger partial charge in [-0.05, 0) is 37.1 Å². The van der Waals surface area contributed by atoms with E-state index < -0.39 is 24.3 Å². The highest BCUT2D eigenvalue weighted by atomic mass is 19.4. The van der Waals surface area contributed by atoms with Crippen LogP contribution in [0.5, 0.6) is 0 Å². The number of carboxylic acids is 2. The molecule has 2 N–H and O–H groups in total. The number of nitrogens with zero attached hydrogens (tertiary/aromatic N) is 4. The van der Waals surface area contributed by atoms with Gasteiger partial charge in [0.1, 0.15) is 6.61 Å². The van der Waals surface area contributed by atoms with Crippen LogP contribution in [0.15, 0.2) is 42.7 Å². The third kappa shape index (κ3) is 10.1. The molecule has 2 aromatic heterocycles. The third-order valence-corrected chi connectivity index (χ3v) is 6.10. The first-order valence-electron chi connectivity index (χ1n) is 11.8. The van der Waals surface area contributed by atoms with Crippen LogP contribution in [-0.2, 0) is 39.3 Å². The number of amides is 1. The fraction of sp³-hybridized carbons (Fsp3) is 0.500. The van der Waals surface area contributed by atoms with Gasteiger partial charge in [0.25, 0.3) is 0 Å². The number of aryl methyl sites for hydroxylation is 1. The van der Waals surface area contributed by atoms with E-state index in [1.165, 1.54) is 5.69 Å². The Hall–Kier alpha value is -3.66. The number of carbonyl (C=O) groups is 3. The minimum absolute atomic E-state index is 0.0625. The number of rotatable bonds is 4. The zero-order valence-corrected chi connectivity index (χ0v) is 21.3. The summed E-state index contributed by atoms with van der Waals surface area (Å²) in [5, 5.41) is 14.2. The monoisotopic (exact) mass is 582 g/mol. The van der Waals surface area contributed by atoms with E-state index in [-0.39, 0.29) is 18.1 Å². The lowest BCUT2D eigenvalue weighted by Gasteiger charge is -2.47. The number of halogens is 6. The third-order valence-electron chi connectivity index (χ3n) is 6.10. The highest BCUT2D eigenvalue weighted by molar-refractivity contribution is 5.78. The Morgan fingerprint density at radius 2 is 1.55 bits per heavy atom. The maximum atomic E-state index is 12.3. The molecule has 0 bridgehead atoms. The number of likely N-dealkylation sites (tertiary alicyclic amines) is 1. The number of hydrogen-bond donors (Lipinski definition) is 2. The van der Waals surface area contributed by atoms with Crippen molar-refractivity contribution in [3.8, 4) is 0 Å². The molecular formula is C24H28F6N4O6. The molecule has 16 heteroatoms. The van der Waals surface area contributed by atoms with Crippen LogP contribution in [0, 0.1) is 0 Å². The van der Waals surface area contributed by atoms with Gasteiger partial charge in [-0.2, -0.15) is 26.3 Å². The molecule has 40 heavy (non-hydrogen) atoms. The maximum Gasteiger partial charge on any atom is 0.490 e. The summed E-state index contributed by atoms with van der Waals surface area (Å²) in [4.78, 5) is 38.8. The highest BCUT2D eigenvalue weighted by Gasteiger charge is 2.42. The van der Waals surface area contributed by atoms with Crippen LogP contribution in [0.25, 0.3) is 0 Å². The quantitative estimate of drug-likeness (QED) is 0.528. The number of carboxylic acid groups (broad SMARTS) is 2. The van der Waals surface area contributed by atoms with E-state index in [9.17, 15) is 31.1 Å². The van der Waals surface area contributed by atoms with Gasteiger partial charge in [0, 0.05) is 44.8 Å². The van der Waals surface area contributed by atoms with Crippen LogP contribution >= 0.6 is 0 Å². The molecule has 0 aromatic carbocycles. The van der Waals surface area contributed by atoms with E-state index in [0.29, 0.717) is 13.1 Å². The second-order valence-corrected chi connectivity index (χ2v) is 9.03. The Morgan fingerprint density at radius 1 is 0.975 bits per heavy atom. The van der Waals surface area contributed by atoms with Gasteiger partial charge in [-0.25, -0.2) is 9.59 Å². The van der Waals surface area contributed by atoms with E-state index in [2.05, 4.69) is 39.8 Å². The minimum Gasteiger partial charge on any atom is -0.475 e. The van der Waals surface area contributed by atoms with Crippen LogP contribution in [0.1, 0.15) is 24.2 Å². The molecule has 2 fully saturated rings. The second-order valence-electron chi connectivity index (χ2n) is 9.03. The molecule has 2 aliphatic rings. The summed E-state index contributed by atoms with van der Waals surface area (Å²) in [6.07, 6.45) is -4.38. The molecule has 0 radical (unpaired) electrons. The summed E-state index contributed by atoms with van der Waals surface area (Å²) in [6, 6.07) is 10.1. The molecule has 0 aliphatic carbocycles. The van der Waals surface area contributed by atoms with E-state index in [0.717, 1.165) is 38.2 Å². The number of alkyl halides is 6. The molecule has 2 saturated heterocycles. The molecule has 0 unspecified atom stereocenters. The van der Waals surface area contributed by atoms with E-state index in [1.807, 2.05) is 23.1 Å². The Balaban J connectivity index is 0.000000333. The fourth-order valence-electron chi connectivity index (χ4n) is 3.93. The van der Waals surface area contributed by atoms with Crippen LogP contribution in [0.2, 0.25) is 0 Å². The predicted molar refractivity (Wildman–Crippen MR) is 126 cm³/mol.